The van der Waals surface area contributed by atoms with Gasteiger partial charge in [-0.05, 0) is 0 Å². The van der Waals surface area contributed by atoms with Gasteiger partial charge in [0.05, 0.1) is 5.82 Å². The van der Waals surface area contributed by atoms with E-state index in [0.717, 1.165) is 0 Å². The topological polar surface area (TPSA) is 61.0 Å². The zero-order valence-electron chi connectivity index (χ0n) is 8.38. The van der Waals surface area contributed by atoms with E-state index in [1.54, 1.807) is 17.0 Å². The standard InChI is InChI=1S/C10H8N3O2.Ir/c1-12-6-5-11-10(12)8-3-2-4-9(7-8)13(14)15;/h2,4-7H,1H3;/q-1;. The Kier molecular flexibility index (Phi) is 3.93. The molecule has 1 aromatic heterocycles. The molecule has 0 bridgehead atoms. The molecule has 16 heavy (non-hydrogen) atoms. The number of non-ortho nitro benzene ring substituents is 1. The molecule has 0 unspecified atom stereocenters. The third kappa shape index (κ3) is 2.35. The first-order valence-electron chi connectivity index (χ1n) is 4.32. The Morgan fingerprint density at radius 3 is 2.88 bits per heavy atom. The number of nitro groups is 1. The van der Waals surface area contributed by atoms with Crippen LogP contribution in [0.25, 0.3) is 11.4 Å². The van der Waals surface area contributed by atoms with Crippen molar-refractivity contribution in [1.29, 1.82) is 0 Å². The minimum Gasteiger partial charge on any atom is -0.373 e. The molecular formula is C10H8IrN3O2-. The summed E-state index contributed by atoms with van der Waals surface area (Å²) < 4.78 is 1.79. The summed E-state index contributed by atoms with van der Waals surface area (Å²) in [5.41, 5.74) is 0.670. The van der Waals surface area contributed by atoms with E-state index >= 15 is 0 Å². The summed E-state index contributed by atoms with van der Waals surface area (Å²) in [4.78, 5) is 14.2. The van der Waals surface area contributed by atoms with E-state index in [1.165, 1.54) is 18.2 Å². The number of hydrogen-bond donors (Lipinski definition) is 0. The van der Waals surface area contributed by atoms with E-state index < -0.39 is 4.92 Å². The SMILES string of the molecule is Cn1ccnc1-c1[c-]ccc([N+](=O)[O-])c1.[Ir]. The third-order valence-electron chi connectivity index (χ3n) is 2.06. The molecule has 0 amide bonds. The maximum Gasteiger partial charge on any atom is 0.192 e. The van der Waals surface area contributed by atoms with Crippen LogP contribution in [0.15, 0.2) is 30.6 Å². The fourth-order valence-corrected chi connectivity index (χ4v) is 1.32. The molecule has 2 rings (SSSR count). The molecule has 0 saturated heterocycles. The summed E-state index contributed by atoms with van der Waals surface area (Å²) in [7, 11) is 1.83. The second-order valence-corrected chi connectivity index (χ2v) is 3.08. The fraction of sp³-hybridized carbons (Fsp3) is 0.100. The van der Waals surface area contributed by atoms with E-state index in [0.29, 0.717) is 11.4 Å². The second kappa shape index (κ2) is 5.01. The Balaban J connectivity index is 0.00000128. The maximum absolute atomic E-state index is 10.6. The average molecular weight is 394 g/mol. The van der Waals surface area contributed by atoms with Crippen molar-refractivity contribution < 1.29 is 25.0 Å². The number of benzene rings is 1. The van der Waals surface area contributed by atoms with E-state index in [1.807, 2.05) is 7.05 Å². The minimum atomic E-state index is -0.430. The molecule has 0 atom stereocenters. The summed E-state index contributed by atoms with van der Waals surface area (Å²) in [6, 6.07) is 7.32. The Morgan fingerprint density at radius 1 is 1.56 bits per heavy atom. The van der Waals surface area contributed by atoms with Crippen molar-refractivity contribution in [3.05, 3.63) is 46.8 Å². The number of aryl methyl sites for hydroxylation is 1. The van der Waals surface area contributed by atoms with E-state index in [2.05, 4.69) is 11.1 Å². The van der Waals surface area contributed by atoms with Crippen LogP contribution < -0.4 is 0 Å². The van der Waals surface area contributed by atoms with Crippen LogP contribution in [0.3, 0.4) is 0 Å². The van der Waals surface area contributed by atoms with Gasteiger partial charge in [-0.1, -0.05) is 12.1 Å². The van der Waals surface area contributed by atoms with Crippen LogP contribution in [-0.2, 0) is 27.2 Å². The van der Waals surface area contributed by atoms with Gasteiger partial charge < -0.3 is 4.57 Å². The van der Waals surface area contributed by atoms with E-state index in [9.17, 15) is 10.1 Å². The number of aromatic nitrogens is 2. The van der Waals surface area contributed by atoms with Gasteiger partial charge in [0.15, 0.2) is 5.69 Å². The second-order valence-electron chi connectivity index (χ2n) is 3.08. The van der Waals surface area contributed by atoms with Crippen LogP contribution in [0.1, 0.15) is 0 Å². The zero-order chi connectivity index (χ0) is 10.8. The van der Waals surface area contributed by atoms with Crippen LogP contribution in [0.5, 0.6) is 0 Å². The van der Waals surface area contributed by atoms with Crippen molar-refractivity contribution >= 4 is 5.69 Å². The quantitative estimate of drug-likeness (QED) is 0.443. The zero-order valence-corrected chi connectivity index (χ0v) is 10.8. The van der Waals surface area contributed by atoms with Gasteiger partial charge in [0.1, 0.15) is 0 Å². The van der Waals surface area contributed by atoms with Crippen molar-refractivity contribution in [3.63, 3.8) is 0 Å². The van der Waals surface area contributed by atoms with Gasteiger partial charge in [0, 0.05) is 44.5 Å². The maximum atomic E-state index is 10.6. The number of imidazole rings is 1. The number of rotatable bonds is 2. The monoisotopic (exact) mass is 395 g/mol. The molecule has 0 fully saturated rings. The molecule has 0 N–H and O–H groups in total. The van der Waals surface area contributed by atoms with Crippen molar-refractivity contribution in [2.45, 2.75) is 0 Å². The van der Waals surface area contributed by atoms with Gasteiger partial charge in [-0.15, -0.1) is 17.7 Å². The molecule has 0 spiro atoms. The summed E-state index contributed by atoms with van der Waals surface area (Å²) >= 11 is 0. The summed E-state index contributed by atoms with van der Waals surface area (Å²) in [6.45, 7) is 0. The fourth-order valence-electron chi connectivity index (χ4n) is 1.32. The predicted octanol–water partition coefficient (Wildman–Crippen LogP) is 1.79. The molecule has 1 heterocycles. The van der Waals surface area contributed by atoms with Crippen molar-refractivity contribution in [2.24, 2.45) is 7.05 Å². The number of nitrogens with zero attached hydrogens (tertiary/aromatic N) is 3. The van der Waals surface area contributed by atoms with Gasteiger partial charge in [-0.3, -0.25) is 15.1 Å². The van der Waals surface area contributed by atoms with E-state index in [-0.39, 0.29) is 25.8 Å². The molecule has 5 nitrogen and oxygen atoms in total. The Hall–Kier alpha value is -1.52. The van der Waals surface area contributed by atoms with Gasteiger partial charge in [-0.2, -0.15) is 0 Å². The molecule has 1 aromatic carbocycles. The minimum absolute atomic E-state index is 0. The normalized spacial score (nSPS) is 9.56. The van der Waals surface area contributed by atoms with E-state index in [4.69, 9.17) is 0 Å². The smallest absolute Gasteiger partial charge is 0.192 e. The molecule has 0 aliphatic carbocycles. The van der Waals surface area contributed by atoms with Crippen LogP contribution in [-0.4, -0.2) is 14.5 Å². The Labute approximate surface area is 106 Å². The number of hydrogen-bond acceptors (Lipinski definition) is 3. The predicted molar refractivity (Wildman–Crippen MR) is 54.1 cm³/mol. The third-order valence-corrected chi connectivity index (χ3v) is 2.06. The van der Waals surface area contributed by atoms with Crippen LogP contribution in [0.2, 0.25) is 0 Å². The largest absolute Gasteiger partial charge is 0.373 e. The average Bonchev–Trinajstić information content (AvgIpc) is 2.64. The summed E-state index contributed by atoms with van der Waals surface area (Å²) in [5, 5.41) is 10.6. The molecule has 2 aromatic rings. The molecule has 0 aliphatic heterocycles. The van der Waals surface area contributed by atoms with Crippen LogP contribution in [0, 0.1) is 16.2 Å². The first-order chi connectivity index (χ1) is 7.18. The molecule has 1 radical (unpaired) electrons. The van der Waals surface area contributed by atoms with Crippen molar-refractivity contribution in [2.75, 3.05) is 0 Å². The van der Waals surface area contributed by atoms with Crippen molar-refractivity contribution in [1.82, 2.24) is 9.55 Å². The summed E-state index contributed by atoms with van der Waals surface area (Å²) in [6.07, 6.45) is 3.42. The van der Waals surface area contributed by atoms with Gasteiger partial charge >= 0.3 is 0 Å². The van der Waals surface area contributed by atoms with Crippen LogP contribution >= 0.6 is 0 Å². The van der Waals surface area contributed by atoms with Crippen molar-refractivity contribution in [3.8, 4) is 11.4 Å². The van der Waals surface area contributed by atoms with Gasteiger partial charge in [0.2, 0.25) is 0 Å². The molecule has 0 saturated carbocycles. The Bertz CT molecular complexity index is 510. The molecule has 0 aliphatic rings. The number of nitro benzene ring substituents is 1. The Morgan fingerprint density at radius 2 is 2.31 bits per heavy atom. The molecular weight excluding hydrogens is 386 g/mol. The molecule has 85 valence electrons. The van der Waals surface area contributed by atoms with Gasteiger partial charge in [-0.25, -0.2) is 0 Å². The van der Waals surface area contributed by atoms with Crippen LogP contribution in [0.4, 0.5) is 5.69 Å². The van der Waals surface area contributed by atoms with Gasteiger partial charge in [0.25, 0.3) is 0 Å². The summed E-state index contributed by atoms with van der Waals surface area (Å²) in [5.74, 6) is 0.665. The first kappa shape index (κ1) is 12.5. The first-order valence-corrected chi connectivity index (χ1v) is 4.32. The molecule has 6 heteroatoms.